The second kappa shape index (κ2) is 7.88. The summed E-state index contributed by atoms with van der Waals surface area (Å²) in [5.41, 5.74) is 1.07. The molecular formula is C17H17BrN4O2S. The van der Waals surface area contributed by atoms with Gasteiger partial charge in [0.15, 0.2) is 16.7 Å². The van der Waals surface area contributed by atoms with E-state index in [1.807, 2.05) is 41.9 Å². The first kappa shape index (κ1) is 17.8. The summed E-state index contributed by atoms with van der Waals surface area (Å²) in [6.45, 7) is 0.553. The molecule has 0 saturated carbocycles. The van der Waals surface area contributed by atoms with E-state index in [0.717, 1.165) is 10.0 Å². The first-order valence-corrected chi connectivity index (χ1v) is 9.37. The maximum Gasteiger partial charge on any atom is 0.233 e. The minimum absolute atomic E-state index is 0.0308. The van der Waals surface area contributed by atoms with Crippen LogP contribution in [0.5, 0.6) is 0 Å². The molecule has 3 rings (SSSR count). The van der Waals surface area contributed by atoms with Crippen molar-refractivity contribution in [3.8, 4) is 11.6 Å². The van der Waals surface area contributed by atoms with Gasteiger partial charge in [-0.25, -0.2) is 0 Å². The summed E-state index contributed by atoms with van der Waals surface area (Å²) in [4.78, 5) is 14.1. The molecule has 0 fully saturated rings. The van der Waals surface area contributed by atoms with Gasteiger partial charge < -0.3 is 13.9 Å². The van der Waals surface area contributed by atoms with Gasteiger partial charge in [-0.1, -0.05) is 45.9 Å². The van der Waals surface area contributed by atoms with E-state index in [1.165, 1.54) is 11.8 Å². The van der Waals surface area contributed by atoms with Crippen LogP contribution in [0.1, 0.15) is 5.56 Å². The number of rotatable bonds is 6. The average molecular weight is 421 g/mol. The largest absolute Gasteiger partial charge is 0.461 e. The third-order valence-electron chi connectivity index (χ3n) is 3.69. The Hall–Kier alpha value is -2.06. The summed E-state index contributed by atoms with van der Waals surface area (Å²) >= 11 is 4.87. The number of hydrogen-bond acceptors (Lipinski definition) is 5. The molecule has 25 heavy (non-hydrogen) atoms. The van der Waals surface area contributed by atoms with Gasteiger partial charge in [-0.3, -0.25) is 4.79 Å². The molecule has 0 radical (unpaired) electrons. The van der Waals surface area contributed by atoms with E-state index in [2.05, 4.69) is 26.1 Å². The molecule has 0 spiro atoms. The number of halogens is 1. The van der Waals surface area contributed by atoms with Crippen LogP contribution in [-0.4, -0.2) is 38.4 Å². The summed E-state index contributed by atoms with van der Waals surface area (Å²) in [5.74, 6) is 1.62. The highest BCUT2D eigenvalue weighted by atomic mass is 79.9. The van der Waals surface area contributed by atoms with Crippen LogP contribution in [0.15, 0.2) is 56.7 Å². The third-order valence-corrected chi connectivity index (χ3v) is 5.47. The van der Waals surface area contributed by atoms with Crippen LogP contribution in [0.2, 0.25) is 0 Å². The molecule has 0 aliphatic carbocycles. The lowest BCUT2D eigenvalue weighted by molar-refractivity contribution is -0.127. The first-order chi connectivity index (χ1) is 12.1. The van der Waals surface area contributed by atoms with E-state index in [9.17, 15) is 4.79 Å². The number of furan rings is 1. The zero-order valence-electron chi connectivity index (χ0n) is 13.8. The van der Waals surface area contributed by atoms with Crippen molar-refractivity contribution in [3.63, 3.8) is 0 Å². The smallest absolute Gasteiger partial charge is 0.233 e. The van der Waals surface area contributed by atoms with Crippen molar-refractivity contribution in [3.05, 3.63) is 52.7 Å². The van der Waals surface area contributed by atoms with Gasteiger partial charge >= 0.3 is 0 Å². The predicted octanol–water partition coefficient (Wildman–Crippen LogP) is 3.59. The number of hydrogen-bond donors (Lipinski definition) is 0. The normalized spacial score (nSPS) is 10.8. The fraction of sp³-hybridized carbons (Fsp3) is 0.235. The summed E-state index contributed by atoms with van der Waals surface area (Å²) in [6.07, 6.45) is 1.59. The number of thioether (sulfide) groups is 1. The summed E-state index contributed by atoms with van der Waals surface area (Å²) in [5, 5.41) is 8.94. The van der Waals surface area contributed by atoms with Crippen molar-refractivity contribution >= 4 is 33.6 Å². The van der Waals surface area contributed by atoms with E-state index in [-0.39, 0.29) is 5.91 Å². The van der Waals surface area contributed by atoms with Crippen molar-refractivity contribution in [2.75, 3.05) is 12.8 Å². The minimum Gasteiger partial charge on any atom is -0.461 e. The van der Waals surface area contributed by atoms with Crippen molar-refractivity contribution < 1.29 is 9.21 Å². The third kappa shape index (κ3) is 4.13. The van der Waals surface area contributed by atoms with Crippen molar-refractivity contribution in [2.24, 2.45) is 7.05 Å². The molecule has 0 N–H and O–H groups in total. The standard InChI is InChI=1S/C17H17BrN4O2S/c1-21(10-12-6-3-4-7-13(12)18)15(23)11-25-17-20-19-16(22(17)2)14-8-5-9-24-14/h3-9H,10-11H2,1-2H3. The number of benzene rings is 1. The van der Waals surface area contributed by atoms with Gasteiger partial charge in [-0.15, -0.1) is 10.2 Å². The molecule has 6 nitrogen and oxygen atoms in total. The average Bonchev–Trinajstić information content (AvgIpc) is 3.24. The van der Waals surface area contributed by atoms with Gasteiger partial charge in [-0.05, 0) is 23.8 Å². The highest BCUT2D eigenvalue weighted by Gasteiger charge is 2.16. The Morgan fingerprint density at radius 1 is 1.28 bits per heavy atom. The van der Waals surface area contributed by atoms with Crippen LogP contribution in [0.25, 0.3) is 11.6 Å². The van der Waals surface area contributed by atoms with E-state index < -0.39 is 0 Å². The first-order valence-electron chi connectivity index (χ1n) is 7.59. The molecule has 0 aliphatic heterocycles. The van der Waals surface area contributed by atoms with Crippen molar-refractivity contribution in [1.29, 1.82) is 0 Å². The van der Waals surface area contributed by atoms with E-state index in [1.54, 1.807) is 24.3 Å². The SMILES string of the molecule is CN(Cc1ccccc1Br)C(=O)CSc1nnc(-c2ccco2)n1C. The molecule has 1 aromatic carbocycles. The number of aromatic nitrogens is 3. The molecule has 2 aromatic heterocycles. The van der Waals surface area contributed by atoms with Gasteiger partial charge in [0, 0.05) is 25.1 Å². The quantitative estimate of drug-likeness (QED) is 0.570. The number of carbonyl (C=O) groups excluding carboxylic acids is 1. The monoisotopic (exact) mass is 420 g/mol. The number of amides is 1. The maximum absolute atomic E-state index is 12.4. The van der Waals surface area contributed by atoms with Crippen LogP contribution >= 0.6 is 27.7 Å². The summed E-state index contributed by atoms with van der Waals surface area (Å²) in [7, 11) is 3.66. The Kier molecular flexibility index (Phi) is 5.60. The molecular weight excluding hydrogens is 404 g/mol. The van der Waals surface area contributed by atoms with Crippen LogP contribution in [0.4, 0.5) is 0 Å². The molecule has 8 heteroatoms. The van der Waals surface area contributed by atoms with Crippen molar-refractivity contribution in [1.82, 2.24) is 19.7 Å². The molecule has 3 aromatic rings. The number of carbonyl (C=O) groups is 1. The topological polar surface area (TPSA) is 64.2 Å². The molecule has 0 bridgehead atoms. The van der Waals surface area contributed by atoms with Crippen LogP contribution in [-0.2, 0) is 18.4 Å². The summed E-state index contributed by atoms with van der Waals surface area (Å²) < 4.78 is 8.17. The Balaban J connectivity index is 1.60. The molecule has 2 heterocycles. The summed E-state index contributed by atoms with van der Waals surface area (Å²) in [6, 6.07) is 11.5. The number of nitrogens with zero attached hydrogens (tertiary/aromatic N) is 4. The van der Waals surface area contributed by atoms with Gasteiger partial charge in [0.1, 0.15) is 0 Å². The Morgan fingerprint density at radius 3 is 2.80 bits per heavy atom. The maximum atomic E-state index is 12.4. The highest BCUT2D eigenvalue weighted by molar-refractivity contribution is 9.10. The molecule has 0 unspecified atom stereocenters. The second-order valence-electron chi connectivity index (χ2n) is 5.47. The second-order valence-corrected chi connectivity index (χ2v) is 7.27. The highest BCUT2D eigenvalue weighted by Crippen LogP contribution is 2.23. The predicted molar refractivity (Wildman–Crippen MR) is 100 cm³/mol. The van der Waals surface area contributed by atoms with E-state index >= 15 is 0 Å². The van der Waals surface area contributed by atoms with Gasteiger partial charge in [0.2, 0.25) is 5.91 Å². The Bertz CT molecular complexity index is 863. The molecule has 0 saturated heterocycles. The van der Waals surface area contributed by atoms with E-state index in [0.29, 0.717) is 29.0 Å². The zero-order valence-corrected chi connectivity index (χ0v) is 16.2. The Morgan fingerprint density at radius 2 is 2.08 bits per heavy atom. The molecule has 0 aliphatic rings. The van der Waals surface area contributed by atoms with Gasteiger partial charge in [0.05, 0.1) is 12.0 Å². The van der Waals surface area contributed by atoms with Gasteiger partial charge in [0.25, 0.3) is 0 Å². The lowest BCUT2D eigenvalue weighted by Crippen LogP contribution is -2.28. The van der Waals surface area contributed by atoms with Crippen LogP contribution < -0.4 is 0 Å². The lowest BCUT2D eigenvalue weighted by atomic mass is 10.2. The Labute approximate surface area is 158 Å². The van der Waals surface area contributed by atoms with Crippen LogP contribution in [0, 0.1) is 0 Å². The zero-order chi connectivity index (χ0) is 17.8. The lowest BCUT2D eigenvalue weighted by Gasteiger charge is -2.17. The van der Waals surface area contributed by atoms with Crippen molar-refractivity contribution in [2.45, 2.75) is 11.7 Å². The fourth-order valence-electron chi connectivity index (χ4n) is 2.27. The fourth-order valence-corrected chi connectivity index (χ4v) is 3.53. The molecule has 0 atom stereocenters. The van der Waals surface area contributed by atoms with Crippen LogP contribution in [0.3, 0.4) is 0 Å². The minimum atomic E-state index is 0.0308. The van der Waals surface area contributed by atoms with E-state index in [4.69, 9.17) is 4.42 Å². The van der Waals surface area contributed by atoms with Gasteiger partial charge in [-0.2, -0.15) is 0 Å². The molecule has 1 amide bonds. The molecule has 130 valence electrons.